The number of methoxy groups -OCH3 is 1. The first kappa shape index (κ1) is 22.8. The van der Waals surface area contributed by atoms with E-state index in [4.69, 9.17) is 32.7 Å². The van der Waals surface area contributed by atoms with Crippen molar-refractivity contribution in [3.8, 4) is 11.5 Å². The van der Waals surface area contributed by atoms with Gasteiger partial charge in [-0.05, 0) is 73.0 Å². The standard InChI is InChI=1S/C24H24Cl2N2O3/c1-15-4-6-18(10-16(15)2)27-13-17-5-9-22(23(11-17)30-3)31-14-24(29)28-19-7-8-20(25)21(26)12-19/h4-12,27H,13-14H2,1-3H3,(H,28,29). The molecule has 3 aromatic rings. The van der Waals surface area contributed by atoms with E-state index < -0.39 is 0 Å². The number of halogens is 2. The van der Waals surface area contributed by atoms with Crippen LogP contribution in [0.4, 0.5) is 11.4 Å². The molecule has 0 atom stereocenters. The molecule has 3 aromatic carbocycles. The maximum Gasteiger partial charge on any atom is 0.262 e. The second-order valence-electron chi connectivity index (χ2n) is 7.10. The van der Waals surface area contributed by atoms with Crippen molar-refractivity contribution in [1.82, 2.24) is 0 Å². The minimum Gasteiger partial charge on any atom is -0.493 e. The van der Waals surface area contributed by atoms with Gasteiger partial charge in [-0.15, -0.1) is 0 Å². The Bertz CT molecular complexity index is 1090. The van der Waals surface area contributed by atoms with Crippen molar-refractivity contribution >= 4 is 40.5 Å². The van der Waals surface area contributed by atoms with Crippen LogP contribution in [0.2, 0.25) is 10.0 Å². The lowest BCUT2D eigenvalue weighted by molar-refractivity contribution is -0.118. The lowest BCUT2D eigenvalue weighted by Gasteiger charge is -2.14. The van der Waals surface area contributed by atoms with Crippen LogP contribution in [-0.4, -0.2) is 19.6 Å². The van der Waals surface area contributed by atoms with Gasteiger partial charge in [0.1, 0.15) is 0 Å². The monoisotopic (exact) mass is 458 g/mol. The highest BCUT2D eigenvalue weighted by Crippen LogP contribution is 2.29. The smallest absolute Gasteiger partial charge is 0.262 e. The molecule has 0 heterocycles. The fourth-order valence-electron chi connectivity index (χ4n) is 2.91. The topological polar surface area (TPSA) is 59.6 Å². The van der Waals surface area contributed by atoms with E-state index in [1.807, 2.05) is 12.1 Å². The van der Waals surface area contributed by atoms with Crippen molar-refractivity contribution in [1.29, 1.82) is 0 Å². The molecule has 0 fully saturated rings. The normalized spacial score (nSPS) is 10.5. The molecule has 0 saturated heterocycles. The summed E-state index contributed by atoms with van der Waals surface area (Å²) in [4.78, 5) is 12.2. The van der Waals surface area contributed by atoms with E-state index in [0.29, 0.717) is 33.8 Å². The van der Waals surface area contributed by atoms with Crippen molar-refractivity contribution in [2.75, 3.05) is 24.4 Å². The second kappa shape index (κ2) is 10.4. The largest absolute Gasteiger partial charge is 0.493 e. The van der Waals surface area contributed by atoms with E-state index in [2.05, 4.69) is 42.7 Å². The van der Waals surface area contributed by atoms with Crippen LogP contribution >= 0.6 is 23.2 Å². The van der Waals surface area contributed by atoms with Gasteiger partial charge in [-0.25, -0.2) is 0 Å². The van der Waals surface area contributed by atoms with Crippen LogP contribution in [0.25, 0.3) is 0 Å². The van der Waals surface area contributed by atoms with Crippen molar-refractivity contribution in [2.45, 2.75) is 20.4 Å². The quantitative estimate of drug-likeness (QED) is 0.418. The summed E-state index contributed by atoms with van der Waals surface area (Å²) in [7, 11) is 1.57. The number of aryl methyl sites for hydroxylation is 2. The van der Waals surface area contributed by atoms with Crippen molar-refractivity contribution < 1.29 is 14.3 Å². The summed E-state index contributed by atoms with van der Waals surface area (Å²) in [6.45, 7) is 4.65. The summed E-state index contributed by atoms with van der Waals surface area (Å²) < 4.78 is 11.1. The van der Waals surface area contributed by atoms with E-state index in [1.165, 1.54) is 11.1 Å². The molecule has 3 rings (SSSR count). The fraction of sp³-hybridized carbons (Fsp3) is 0.208. The fourth-order valence-corrected chi connectivity index (χ4v) is 3.21. The maximum atomic E-state index is 12.2. The number of benzene rings is 3. The Kier molecular flexibility index (Phi) is 7.66. The Morgan fingerprint density at radius 2 is 1.65 bits per heavy atom. The average Bonchev–Trinajstić information content (AvgIpc) is 2.76. The highest BCUT2D eigenvalue weighted by Gasteiger charge is 2.10. The summed E-state index contributed by atoms with van der Waals surface area (Å²) in [6, 6.07) is 16.8. The molecule has 1 amide bonds. The molecule has 0 aliphatic heterocycles. The summed E-state index contributed by atoms with van der Waals surface area (Å²) in [5.41, 5.74) is 5.13. The first-order chi connectivity index (χ1) is 14.9. The van der Waals surface area contributed by atoms with Crippen LogP contribution < -0.4 is 20.1 Å². The lowest BCUT2D eigenvalue weighted by atomic mass is 10.1. The number of carbonyl (C=O) groups excluding carboxylic acids is 1. The predicted octanol–water partition coefficient (Wildman–Crippen LogP) is 6.25. The summed E-state index contributed by atoms with van der Waals surface area (Å²) >= 11 is 11.9. The predicted molar refractivity (Wildman–Crippen MR) is 127 cm³/mol. The second-order valence-corrected chi connectivity index (χ2v) is 7.92. The van der Waals surface area contributed by atoms with Crippen LogP contribution in [0.15, 0.2) is 54.6 Å². The number of anilines is 2. The van der Waals surface area contributed by atoms with Crippen molar-refractivity contribution in [3.63, 3.8) is 0 Å². The van der Waals surface area contributed by atoms with Crippen LogP contribution in [0.3, 0.4) is 0 Å². The SMILES string of the molecule is COc1cc(CNc2ccc(C)c(C)c2)ccc1OCC(=O)Nc1ccc(Cl)c(Cl)c1. The minimum atomic E-state index is -0.319. The van der Waals surface area contributed by atoms with E-state index in [1.54, 1.807) is 31.4 Å². The van der Waals surface area contributed by atoms with Crippen molar-refractivity contribution in [2.24, 2.45) is 0 Å². The average molecular weight is 459 g/mol. The number of amides is 1. The van der Waals surface area contributed by atoms with Gasteiger partial charge in [0.15, 0.2) is 18.1 Å². The Morgan fingerprint density at radius 1 is 0.871 bits per heavy atom. The van der Waals surface area contributed by atoms with Gasteiger partial charge in [0.05, 0.1) is 17.2 Å². The Balaban J connectivity index is 1.58. The Morgan fingerprint density at radius 3 is 2.35 bits per heavy atom. The zero-order valence-electron chi connectivity index (χ0n) is 17.6. The third-order valence-electron chi connectivity index (χ3n) is 4.79. The number of ether oxygens (including phenoxy) is 2. The third kappa shape index (κ3) is 6.29. The van der Waals surface area contributed by atoms with E-state index in [-0.39, 0.29) is 12.5 Å². The first-order valence-electron chi connectivity index (χ1n) is 9.71. The Labute approximate surface area is 192 Å². The van der Waals surface area contributed by atoms with Crippen LogP contribution in [0.5, 0.6) is 11.5 Å². The molecular formula is C24H24Cl2N2O3. The molecule has 0 bridgehead atoms. The van der Waals surface area contributed by atoms with Gasteiger partial charge < -0.3 is 20.1 Å². The van der Waals surface area contributed by atoms with Crippen LogP contribution in [0.1, 0.15) is 16.7 Å². The summed E-state index contributed by atoms with van der Waals surface area (Å²) in [5, 5.41) is 6.91. The maximum absolute atomic E-state index is 12.2. The molecule has 162 valence electrons. The van der Waals surface area contributed by atoms with E-state index >= 15 is 0 Å². The van der Waals surface area contributed by atoms with Crippen LogP contribution in [0, 0.1) is 13.8 Å². The third-order valence-corrected chi connectivity index (χ3v) is 5.53. The highest BCUT2D eigenvalue weighted by molar-refractivity contribution is 6.42. The van der Waals surface area contributed by atoms with Gasteiger partial charge >= 0.3 is 0 Å². The van der Waals surface area contributed by atoms with Gasteiger partial charge in [-0.1, -0.05) is 35.3 Å². The zero-order valence-corrected chi connectivity index (χ0v) is 19.1. The molecule has 0 spiro atoms. The van der Waals surface area contributed by atoms with Gasteiger partial charge in [-0.2, -0.15) is 0 Å². The molecule has 0 aliphatic rings. The molecule has 0 unspecified atom stereocenters. The summed E-state index contributed by atoms with van der Waals surface area (Å²) in [6.07, 6.45) is 0. The Hall–Kier alpha value is -2.89. The van der Waals surface area contributed by atoms with E-state index in [0.717, 1.165) is 11.3 Å². The zero-order chi connectivity index (χ0) is 22.4. The molecule has 0 aromatic heterocycles. The highest BCUT2D eigenvalue weighted by atomic mass is 35.5. The van der Waals surface area contributed by atoms with Gasteiger partial charge in [-0.3, -0.25) is 4.79 Å². The van der Waals surface area contributed by atoms with Gasteiger partial charge in [0.25, 0.3) is 5.91 Å². The molecule has 31 heavy (non-hydrogen) atoms. The van der Waals surface area contributed by atoms with E-state index in [9.17, 15) is 4.79 Å². The molecule has 0 saturated carbocycles. The van der Waals surface area contributed by atoms with Crippen LogP contribution in [-0.2, 0) is 11.3 Å². The molecule has 2 N–H and O–H groups in total. The molecule has 0 aliphatic carbocycles. The number of nitrogens with one attached hydrogen (secondary N) is 2. The molecular weight excluding hydrogens is 435 g/mol. The first-order valence-corrected chi connectivity index (χ1v) is 10.5. The molecule has 5 nitrogen and oxygen atoms in total. The number of hydrogen-bond acceptors (Lipinski definition) is 4. The molecule has 7 heteroatoms. The minimum absolute atomic E-state index is 0.170. The number of rotatable bonds is 8. The summed E-state index contributed by atoms with van der Waals surface area (Å²) in [5.74, 6) is 0.726. The van der Waals surface area contributed by atoms with Gasteiger partial charge in [0.2, 0.25) is 0 Å². The lowest BCUT2D eigenvalue weighted by Crippen LogP contribution is -2.20. The van der Waals surface area contributed by atoms with Gasteiger partial charge in [0, 0.05) is 17.9 Å². The number of carbonyl (C=O) groups is 1. The number of hydrogen-bond donors (Lipinski definition) is 2. The van der Waals surface area contributed by atoms with Crippen molar-refractivity contribution in [3.05, 3.63) is 81.3 Å². The molecule has 0 radical (unpaired) electrons.